The van der Waals surface area contributed by atoms with Gasteiger partial charge in [0.1, 0.15) is 5.69 Å². The molecular formula is C18H25N3O. The van der Waals surface area contributed by atoms with E-state index in [2.05, 4.69) is 69.2 Å². The monoisotopic (exact) mass is 299 g/mol. The van der Waals surface area contributed by atoms with E-state index in [1.165, 1.54) is 5.56 Å². The van der Waals surface area contributed by atoms with Crippen LogP contribution in [-0.4, -0.2) is 21.3 Å². The van der Waals surface area contributed by atoms with E-state index >= 15 is 0 Å². The second-order valence-electron chi connectivity index (χ2n) is 6.70. The Morgan fingerprint density at radius 1 is 1.14 bits per heavy atom. The van der Waals surface area contributed by atoms with Crippen molar-refractivity contribution in [3.05, 3.63) is 41.2 Å². The third kappa shape index (κ3) is 3.11. The minimum Gasteiger partial charge on any atom is -0.296 e. The first kappa shape index (κ1) is 16.4. The summed E-state index contributed by atoms with van der Waals surface area (Å²) in [6, 6.07) is 8.34. The predicted octanol–water partition coefficient (Wildman–Crippen LogP) is 4.28. The highest BCUT2D eigenvalue weighted by molar-refractivity contribution is 5.74. The summed E-state index contributed by atoms with van der Waals surface area (Å²) in [6.07, 6.45) is 2.73. The fourth-order valence-corrected chi connectivity index (χ4v) is 2.74. The summed E-state index contributed by atoms with van der Waals surface area (Å²) in [5.41, 5.74) is 3.72. The average Bonchev–Trinajstić information content (AvgIpc) is 2.92. The first-order valence-corrected chi connectivity index (χ1v) is 7.94. The van der Waals surface area contributed by atoms with E-state index in [0.29, 0.717) is 5.69 Å². The molecule has 0 atom stereocenters. The van der Waals surface area contributed by atoms with E-state index in [1.807, 2.05) is 4.68 Å². The Morgan fingerprint density at radius 3 is 2.18 bits per heavy atom. The van der Waals surface area contributed by atoms with Crippen LogP contribution < -0.4 is 0 Å². The molecule has 0 unspecified atom stereocenters. The summed E-state index contributed by atoms with van der Waals surface area (Å²) >= 11 is 0. The molecule has 2 rings (SSSR count). The molecule has 118 valence electrons. The van der Waals surface area contributed by atoms with Gasteiger partial charge in [-0.15, -0.1) is 5.10 Å². The minimum absolute atomic E-state index is 0.118. The van der Waals surface area contributed by atoms with Crippen molar-refractivity contribution >= 4 is 6.29 Å². The largest absolute Gasteiger partial charge is 0.296 e. The first-order valence-electron chi connectivity index (χ1n) is 7.94. The summed E-state index contributed by atoms with van der Waals surface area (Å²) in [7, 11) is 0. The Morgan fingerprint density at radius 2 is 1.73 bits per heavy atom. The summed E-state index contributed by atoms with van der Waals surface area (Å²) in [6.45, 7) is 10.8. The first-order chi connectivity index (χ1) is 10.4. The van der Waals surface area contributed by atoms with Gasteiger partial charge in [-0.05, 0) is 36.0 Å². The van der Waals surface area contributed by atoms with Crippen molar-refractivity contribution in [1.82, 2.24) is 15.0 Å². The number of benzene rings is 1. The molecule has 4 nitrogen and oxygen atoms in total. The van der Waals surface area contributed by atoms with Crippen molar-refractivity contribution in [2.45, 2.75) is 58.8 Å². The van der Waals surface area contributed by atoms with Crippen LogP contribution in [0, 0.1) is 0 Å². The zero-order valence-electron chi connectivity index (χ0n) is 14.1. The maximum atomic E-state index is 11.3. The molecule has 0 aliphatic heterocycles. The SMILES string of the molecule is CCC(CC)c1c(C=O)nnn1-c1ccc(C(C)(C)C)cc1. The van der Waals surface area contributed by atoms with Gasteiger partial charge >= 0.3 is 0 Å². The van der Waals surface area contributed by atoms with Gasteiger partial charge in [0.15, 0.2) is 6.29 Å². The van der Waals surface area contributed by atoms with Crippen LogP contribution in [0.25, 0.3) is 5.69 Å². The van der Waals surface area contributed by atoms with Crippen LogP contribution in [0.3, 0.4) is 0 Å². The van der Waals surface area contributed by atoms with E-state index in [0.717, 1.165) is 30.5 Å². The molecule has 0 aliphatic carbocycles. The molecule has 1 aromatic carbocycles. The maximum absolute atomic E-state index is 11.3. The van der Waals surface area contributed by atoms with Gasteiger partial charge in [-0.1, -0.05) is 52.0 Å². The topological polar surface area (TPSA) is 47.8 Å². The second-order valence-corrected chi connectivity index (χ2v) is 6.70. The van der Waals surface area contributed by atoms with Crippen LogP contribution >= 0.6 is 0 Å². The third-order valence-electron chi connectivity index (χ3n) is 4.19. The molecule has 2 aromatic rings. The third-order valence-corrected chi connectivity index (χ3v) is 4.19. The van der Waals surface area contributed by atoms with Gasteiger partial charge < -0.3 is 0 Å². The summed E-state index contributed by atoms with van der Waals surface area (Å²) < 4.78 is 1.81. The lowest BCUT2D eigenvalue weighted by atomic mass is 9.87. The summed E-state index contributed by atoms with van der Waals surface area (Å²) in [5, 5.41) is 8.25. The van der Waals surface area contributed by atoms with Gasteiger partial charge in [-0.25, -0.2) is 4.68 Å². The minimum atomic E-state index is 0.118. The van der Waals surface area contributed by atoms with Gasteiger partial charge in [0.25, 0.3) is 0 Å². The molecular weight excluding hydrogens is 274 g/mol. The lowest BCUT2D eigenvalue weighted by Gasteiger charge is -2.20. The molecule has 0 bridgehead atoms. The molecule has 0 aliphatic rings. The number of carbonyl (C=O) groups is 1. The van der Waals surface area contributed by atoms with Crippen molar-refractivity contribution < 1.29 is 4.79 Å². The van der Waals surface area contributed by atoms with Crippen molar-refractivity contribution in [2.24, 2.45) is 0 Å². The lowest BCUT2D eigenvalue weighted by molar-refractivity contribution is 0.111. The fourth-order valence-electron chi connectivity index (χ4n) is 2.74. The van der Waals surface area contributed by atoms with Crippen molar-refractivity contribution in [3.8, 4) is 5.69 Å². The van der Waals surface area contributed by atoms with Gasteiger partial charge in [0.05, 0.1) is 11.4 Å². The lowest BCUT2D eigenvalue weighted by Crippen LogP contribution is -2.12. The van der Waals surface area contributed by atoms with Gasteiger partial charge in [-0.2, -0.15) is 0 Å². The molecule has 0 amide bonds. The van der Waals surface area contributed by atoms with Crippen LogP contribution in [0.4, 0.5) is 0 Å². The normalized spacial score (nSPS) is 11.9. The Labute approximate surface area is 132 Å². The number of hydrogen-bond acceptors (Lipinski definition) is 3. The molecule has 0 fully saturated rings. The Kier molecular flexibility index (Phi) is 4.79. The van der Waals surface area contributed by atoms with Crippen molar-refractivity contribution in [3.63, 3.8) is 0 Å². The van der Waals surface area contributed by atoms with Gasteiger partial charge in [-0.3, -0.25) is 4.79 Å². The number of nitrogens with zero attached hydrogens (tertiary/aromatic N) is 3. The van der Waals surface area contributed by atoms with Crippen molar-refractivity contribution in [2.75, 3.05) is 0 Å². The Bertz CT molecular complexity index is 631. The van der Waals surface area contributed by atoms with Gasteiger partial charge in [0, 0.05) is 5.92 Å². The molecule has 1 heterocycles. The molecule has 4 heteroatoms. The van der Waals surface area contributed by atoms with Gasteiger partial charge in [0.2, 0.25) is 0 Å². The average molecular weight is 299 g/mol. The van der Waals surface area contributed by atoms with Crippen LogP contribution in [0.5, 0.6) is 0 Å². The van der Waals surface area contributed by atoms with E-state index in [9.17, 15) is 4.79 Å². The molecule has 0 saturated carbocycles. The molecule has 0 spiro atoms. The number of aromatic nitrogens is 3. The van der Waals surface area contributed by atoms with E-state index in [1.54, 1.807) is 0 Å². The van der Waals surface area contributed by atoms with Crippen molar-refractivity contribution in [1.29, 1.82) is 0 Å². The standard InChI is InChI=1S/C18H25N3O/c1-6-13(7-2)17-16(12-22)19-20-21(17)15-10-8-14(9-11-15)18(3,4)5/h8-13H,6-7H2,1-5H3. The zero-order valence-corrected chi connectivity index (χ0v) is 14.1. The quantitative estimate of drug-likeness (QED) is 0.774. The van der Waals surface area contributed by atoms with E-state index < -0.39 is 0 Å². The molecule has 22 heavy (non-hydrogen) atoms. The predicted molar refractivity (Wildman–Crippen MR) is 88.8 cm³/mol. The highest BCUT2D eigenvalue weighted by atomic mass is 16.1. The van der Waals surface area contributed by atoms with E-state index in [4.69, 9.17) is 0 Å². The number of rotatable bonds is 5. The van der Waals surface area contributed by atoms with Crippen LogP contribution in [0.1, 0.15) is 75.1 Å². The van der Waals surface area contributed by atoms with Crippen LogP contribution in [0.2, 0.25) is 0 Å². The Hall–Kier alpha value is -1.97. The summed E-state index contributed by atoms with van der Waals surface area (Å²) in [5.74, 6) is 0.289. The number of hydrogen-bond donors (Lipinski definition) is 0. The maximum Gasteiger partial charge on any atom is 0.172 e. The number of carbonyl (C=O) groups excluding carboxylic acids is 1. The van der Waals surface area contributed by atoms with Crippen LogP contribution in [0.15, 0.2) is 24.3 Å². The molecule has 0 saturated heterocycles. The molecule has 1 aromatic heterocycles. The Balaban J connectivity index is 2.49. The fraction of sp³-hybridized carbons (Fsp3) is 0.500. The zero-order chi connectivity index (χ0) is 16.3. The number of aldehydes is 1. The van der Waals surface area contributed by atoms with Crippen LogP contribution in [-0.2, 0) is 5.41 Å². The smallest absolute Gasteiger partial charge is 0.172 e. The highest BCUT2D eigenvalue weighted by Crippen LogP contribution is 2.28. The summed E-state index contributed by atoms with van der Waals surface area (Å²) in [4.78, 5) is 11.3. The molecule has 0 radical (unpaired) electrons. The van der Waals surface area contributed by atoms with E-state index in [-0.39, 0.29) is 11.3 Å². The molecule has 0 N–H and O–H groups in total. The second kappa shape index (κ2) is 6.42. The highest BCUT2D eigenvalue weighted by Gasteiger charge is 2.21.